The number of amides is 2. The van der Waals surface area contributed by atoms with Gasteiger partial charge in [0.05, 0.1) is 18.7 Å². The van der Waals surface area contributed by atoms with Crippen LogP contribution in [0.15, 0.2) is 24.4 Å². The summed E-state index contributed by atoms with van der Waals surface area (Å²) in [6, 6.07) is 4.87. The van der Waals surface area contributed by atoms with E-state index in [1.165, 1.54) is 12.1 Å². The van der Waals surface area contributed by atoms with E-state index in [-0.39, 0.29) is 46.9 Å². The average molecular weight is 420 g/mol. The lowest BCUT2D eigenvalue weighted by molar-refractivity contribution is -0.121. The second-order valence-corrected chi connectivity index (χ2v) is 8.19. The van der Waals surface area contributed by atoms with Gasteiger partial charge in [-0.25, -0.2) is 9.07 Å². The normalized spacial score (nSPS) is 21.6. The van der Waals surface area contributed by atoms with Crippen LogP contribution in [0, 0.1) is 5.82 Å². The van der Waals surface area contributed by atoms with E-state index < -0.39 is 5.82 Å². The molecule has 0 saturated heterocycles. The van der Waals surface area contributed by atoms with Crippen LogP contribution < -0.4 is 10.6 Å². The van der Waals surface area contributed by atoms with Crippen LogP contribution in [0.1, 0.15) is 60.6 Å². The molecule has 0 unspecified atom stereocenters. The van der Waals surface area contributed by atoms with Crippen LogP contribution in [0.25, 0.3) is 0 Å². The van der Waals surface area contributed by atoms with Crippen molar-refractivity contribution in [3.8, 4) is 0 Å². The lowest BCUT2D eigenvalue weighted by Gasteiger charge is -2.29. The van der Waals surface area contributed by atoms with Crippen LogP contribution in [0.5, 0.6) is 0 Å². The molecule has 2 aromatic rings. The molecule has 9 heteroatoms. The van der Waals surface area contributed by atoms with Crippen molar-refractivity contribution in [1.29, 1.82) is 0 Å². The third kappa shape index (κ3) is 4.93. The maximum atomic E-state index is 13.9. The van der Waals surface area contributed by atoms with Crippen molar-refractivity contribution in [1.82, 2.24) is 25.6 Å². The summed E-state index contributed by atoms with van der Waals surface area (Å²) in [4.78, 5) is 24.4. The first kappa shape index (κ1) is 19.8. The molecular formula is C20H23ClFN5O2. The predicted molar refractivity (Wildman–Crippen MR) is 105 cm³/mol. The minimum absolute atomic E-state index is 0.0328. The zero-order chi connectivity index (χ0) is 20.4. The number of nitrogens with zero attached hydrogens (tertiary/aromatic N) is 3. The van der Waals surface area contributed by atoms with Crippen LogP contribution in [0.3, 0.4) is 0 Å². The highest BCUT2D eigenvalue weighted by Gasteiger charge is 2.27. The Hall–Kier alpha value is -2.48. The number of rotatable bonds is 6. The fourth-order valence-corrected chi connectivity index (χ4v) is 3.90. The van der Waals surface area contributed by atoms with E-state index in [4.69, 9.17) is 11.6 Å². The maximum Gasteiger partial charge on any atom is 0.273 e. The van der Waals surface area contributed by atoms with Crippen LogP contribution in [0.2, 0.25) is 5.02 Å². The summed E-state index contributed by atoms with van der Waals surface area (Å²) < 4.78 is 15.6. The number of aromatic nitrogens is 3. The first-order valence-corrected chi connectivity index (χ1v) is 10.3. The molecule has 2 saturated carbocycles. The molecule has 1 aromatic carbocycles. The molecule has 0 radical (unpaired) electrons. The Kier molecular flexibility index (Phi) is 5.80. The minimum Gasteiger partial charge on any atom is -0.353 e. The number of carbonyl (C=O) groups excluding carboxylic acids is 2. The Bertz CT molecular complexity index is 886. The van der Waals surface area contributed by atoms with E-state index in [1.807, 2.05) is 0 Å². The second-order valence-electron chi connectivity index (χ2n) is 7.78. The Morgan fingerprint density at radius 3 is 2.48 bits per heavy atom. The molecule has 2 aliphatic carbocycles. The number of halogens is 2. The molecular weight excluding hydrogens is 397 g/mol. The molecule has 0 bridgehead atoms. The summed E-state index contributed by atoms with van der Waals surface area (Å²) in [5.41, 5.74) is 0.564. The molecule has 7 nitrogen and oxygen atoms in total. The highest BCUT2D eigenvalue weighted by molar-refractivity contribution is 6.31. The third-order valence-electron chi connectivity index (χ3n) is 5.49. The zero-order valence-electron chi connectivity index (χ0n) is 15.9. The summed E-state index contributed by atoms with van der Waals surface area (Å²) >= 11 is 5.99. The van der Waals surface area contributed by atoms with E-state index in [0.29, 0.717) is 5.69 Å². The van der Waals surface area contributed by atoms with Gasteiger partial charge in [-0.05, 0) is 50.7 Å². The molecule has 1 aromatic heterocycles. The first-order valence-electron chi connectivity index (χ1n) is 9.94. The van der Waals surface area contributed by atoms with Crippen molar-refractivity contribution in [3.05, 3.63) is 46.5 Å². The topological polar surface area (TPSA) is 88.9 Å². The standard InChI is InChI=1S/C20H23ClFN5O2/c21-16-2-1-3-17(22)15(16)10-19(28)23-12-6-8-14(9-7-12)27-11-18(25-26-27)20(29)24-13-4-5-13/h1-3,11-14H,4-10H2,(H,23,28)(H,24,29). The molecule has 4 rings (SSSR count). The predicted octanol–water partition coefficient (Wildman–Crippen LogP) is 2.81. The van der Waals surface area contributed by atoms with E-state index in [9.17, 15) is 14.0 Å². The Morgan fingerprint density at radius 1 is 1.10 bits per heavy atom. The third-order valence-corrected chi connectivity index (χ3v) is 5.84. The minimum atomic E-state index is -0.468. The average Bonchev–Trinajstić information content (AvgIpc) is 3.37. The molecule has 2 aliphatic rings. The van der Waals surface area contributed by atoms with Crippen molar-refractivity contribution in [2.45, 2.75) is 63.1 Å². The monoisotopic (exact) mass is 419 g/mol. The van der Waals surface area contributed by atoms with Crippen molar-refractivity contribution < 1.29 is 14.0 Å². The number of hydrogen-bond acceptors (Lipinski definition) is 4. The fraction of sp³-hybridized carbons (Fsp3) is 0.500. The summed E-state index contributed by atoms with van der Waals surface area (Å²) in [5, 5.41) is 14.2. The van der Waals surface area contributed by atoms with Gasteiger partial charge in [-0.3, -0.25) is 9.59 Å². The quantitative estimate of drug-likeness (QED) is 0.753. The van der Waals surface area contributed by atoms with Gasteiger partial charge in [-0.2, -0.15) is 0 Å². The molecule has 0 atom stereocenters. The molecule has 29 heavy (non-hydrogen) atoms. The summed E-state index contributed by atoms with van der Waals surface area (Å²) in [5.74, 6) is -0.879. The lowest BCUT2D eigenvalue weighted by atomic mass is 9.91. The van der Waals surface area contributed by atoms with E-state index in [0.717, 1.165) is 38.5 Å². The van der Waals surface area contributed by atoms with Gasteiger partial charge < -0.3 is 10.6 Å². The highest BCUT2D eigenvalue weighted by atomic mass is 35.5. The van der Waals surface area contributed by atoms with E-state index in [2.05, 4.69) is 20.9 Å². The van der Waals surface area contributed by atoms with Gasteiger partial charge in [-0.15, -0.1) is 5.10 Å². The Balaban J connectivity index is 1.26. The van der Waals surface area contributed by atoms with Gasteiger partial charge in [0.1, 0.15) is 5.82 Å². The molecule has 2 fully saturated rings. The van der Waals surface area contributed by atoms with Crippen LogP contribution in [-0.4, -0.2) is 38.9 Å². The summed E-state index contributed by atoms with van der Waals surface area (Å²) in [6.45, 7) is 0. The van der Waals surface area contributed by atoms with Crippen LogP contribution in [0.4, 0.5) is 4.39 Å². The fourth-order valence-electron chi connectivity index (χ4n) is 3.67. The van der Waals surface area contributed by atoms with E-state index >= 15 is 0 Å². The molecule has 2 N–H and O–H groups in total. The van der Waals surface area contributed by atoms with E-state index in [1.54, 1.807) is 16.9 Å². The molecule has 2 amide bonds. The van der Waals surface area contributed by atoms with Gasteiger partial charge in [0, 0.05) is 22.7 Å². The Morgan fingerprint density at radius 2 is 1.79 bits per heavy atom. The van der Waals surface area contributed by atoms with Gasteiger partial charge >= 0.3 is 0 Å². The SMILES string of the molecule is O=C(Cc1c(F)cccc1Cl)NC1CCC(n2cc(C(=O)NC3CC3)nn2)CC1. The molecule has 0 aliphatic heterocycles. The number of carbonyl (C=O) groups is 2. The van der Waals surface area contributed by atoms with Crippen molar-refractivity contribution >= 4 is 23.4 Å². The highest BCUT2D eigenvalue weighted by Crippen LogP contribution is 2.28. The zero-order valence-corrected chi connectivity index (χ0v) is 16.7. The second kappa shape index (κ2) is 8.49. The van der Waals surface area contributed by atoms with Crippen molar-refractivity contribution in [2.75, 3.05) is 0 Å². The van der Waals surface area contributed by atoms with Crippen LogP contribution >= 0.6 is 11.6 Å². The van der Waals surface area contributed by atoms with Gasteiger partial charge in [0.15, 0.2) is 5.69 Å². The molecule has 154 valence electrons. The molecule has 1 heterocycles. The van der Waals surface area contributed by atoms with Crippen LogP contribution in [-0.2, 0) is 11.2 Å². The number of benzene rings is 1. The number of hydrogen-bond donors (Lipinski definition) is 2. The van der Waals surface area contributed by atoms with Crippen molar-refractivity contribution in [3.63, 3.8) is 0 Å². The largest absolute Gasteiger partial charge is 0.353 e. The first-order chi connectivity index (χ1) is 14.0. The maximum absolute atomic E-state index is 13.9. The smallest absolute Gasteiger partial charge is 0.273 e. The van der Waals surface area contributed by atoms with Crippen molar-refractivity contribution in [2.24, 2.45) is 0 Å². The number of nitrogens with one attached hydrogen (secondary N) is 2. The lowest BCUT2D eigenvalue weighted by Crippen LogP contribution is -2.39. The van der Waals surface area contributed by atoms with Gasteiger partial charge in [0.2, 0.25) is 5.91 Å². The summed E-state index contributed by atoms with van der Waals surface area (Å²) in [6.07, 6.45) is 6.87. The van der Waals surface area contributed by atoms with Gasteiger partial charge in [-0.1, -0.05) is 22.9 Å². The Labute approximate surface area is 173 Å². The summed E-state index contributed by atoms with van der Waals surface area (Å²) in [7, 11) is 0. The molecule has 0 spiro atoms. The van der Waals surface area contributed by atoms with Gasteiger partial charge in [0.25, 0.3) is 5.91 Å².